The van der Waals surface area contributed by atoms with E-state index in [2.05, 4.69) is 0 Å². The van der Waals surface area contributed by atoms with Crippen LogP contribution in [-0.4, -0.2) is 4.89 Å². The molecule has 0 amide bonds. The Morgan fingerprint density at radius 3 is 1.88 bits per heavy atom. The largest absolute Gasteiger partial charge is 0.421 e. The molecule has 2 rings (SSSR count). The van der Waals surface area contributed by atoms with E-state index < -0.39 is 7.60 Å². The molecular weight excluding hydrogens is 275 g/mol. The average Bonchev–Trinajstić information content (AvgIpc) is 2.31. The van der Waals surface area contributed by atoms with E-state index >= 15 is 0 Å². The standard InChI is InChI=1S/C12H11O3P.Cr/c13-16(14,12-9-5-2-6-10-12)15-11-7-3-1-4-8-11;/h1-10H,(H,13,14);. The van der Waals surface area contributed by atoms with Gasteiger partial charge in [-0.25, -0.2) is 4.57 Å². The molecule has 1 unspecified atom stereocenters. The van der Waals surface area contributed by atoms with Gasteiger partial charge in [0.2, 0.25) is 0 Å². The van der Waals surface area contributed by atoms with Gasteiger partial charge in [-0.2, -0.15) is 0 Å². The minimum absolute atomic E-state index is 0. The summed E-state index contributed by atoms with van der Waals surface area (Å²) in [5.74, 6) is 0.386. The molecule has 2 aromatic carbocycles. The number of hydrogen-bond donors (Lipinski definition) is 1. The third-order valence-corrected chi connectivity index (χ3v) is 3.46. The molecule has 0 aromatic heterocycles. The van der Waals surface area contributed by atoms with Crippen LogP contribution in [0.15, 0.2) is 60.7 Å². The second-order valence-electron chi connectivity index (χ2n) is 3.26. The molecule has 0 radical (unpaired) electrons. The van der Waals surface area contributed by atoms with E-state index in [1.807, 2.05) is 6.07 Å². The molecule has 0 saturated carbocycles. The van der Waals surface area contributed by atoms with Crippen molar-refractivity contribution in [2.45, 2.75) is 0 Å². The Bertz CT molecular complexity index is 502. The van der Waals surface area contributed by atoms with Gasteiger partial charge in [0.15, 0.2) is 0 Å². The average molecular weight is 286 g/mol. The smallest absolute Gasteiger partial charge is 0.408 e. The first-order valence-corrected chi connectivity index (χ1v) is 6.39. The van der Waals surface area contributed by atoms with Crippen LogP contribution in [0.5, 0.6) is 5.75 Å². The van der Waals surface area contributed by atoms with Gasteiger partial charge in [-0.1, -0.05) is 36.4 Å². The van der Waals surface area contributed by atoms with E-state index in [1.165, 1.54) is 0 Å². The van der Waals surface area contributed by atoms with E-state index in [1.54, 1.807) is 54.6 Å². The molecule has 0 heterocycles. The Morgan fingerprint density at radius 2 is 1.35 bits per heavy atom. The van der Waals surface area contributed by atoms with Crippen LogP contribution < -0.4 is 9.83 Å². The summed E-state index contributed by atoms with van der Waals surface area (Å²) in [4.78, 5) is 9.77. The zero-order chi connectivity index (χ0) is 11.4. The van der Waals surface area contributed by atoms with Gasteiger partial charge in [0.1, 0.15) is 5.75 Å². The number of benzene rings is 2. The molecule has 0 bridgehead atoms. The first kappa shape index (κ1) is 14.0. The molecule has 17 heavy (non-hydrogen) atoms. The summed E-state index contributed by atoms with van der Waals surface area (Å²) in [7, 11) is -3.77. The summed E-state index contributed by atoms with van der Waals surface area (Å²) < 4.78 is 17.0. The summed E-state index contributed by atoms with van der Waals surface area (Å²) >= 11 is 0. The topological polar surface area (TPSA) is 46.5 Å². The van der Waals surface area contributed by atoms with E-state index in [4.69, 9.17) is 4.52 Å². The van der Waals surface area contributed by atoms with Crippen LogP contribution in [0.25, 0.3) is 0 Å². The van der Waals surface area contributed by atoms with Crippen molar-refractivity contribution in [3.63, 3.8) is 0 Å². The fourth-order valence-electron chi connectivity index (χ4n) is 1.29. The van der Waals surface area contributed by atoms with Gasteiger partial charge in [-0.15, -0.1) is 0 Å². The van der Waals surface area contributed by atoms with Crippen LogP contribution in [0, 0.1) is 0 Å². The predicted molar refractivity (Wildman–Crippen MR) is 63.0 cm³/mol. The second-order valence-corrected chi connectivity index (χ2v) is 5.00. The maximum atomic E-state index is 11.9. The maximum absolute atomic E-state index is 11.9. The molecule has 0 saturated heterocycles. The minimum atomic E-state index is -3.77. The third kappa shape index (κ3) is 3.73. The van der Waals surface area contributed by atoms with Crippen molar-refractivity contribution in [2.75, 3.05) is 0 Å². The van der Waals surface area contributed by atoms with E-state index in [9.17, 15) is 9.46 Å². The number of para-hydroxylation sites is 1. The van der Waals surface area contributed by atoms with Gasteiger partial charge in [0, 0.05) is 17.4 Å². The number of rotatable bonds is 3. The van der Waals surface area contributed by atoms with Gasteiger partial charge in [-0.05, 0) is 24.3 Å². The van der Waals surface area contributed by atoms with Crippen LogP contribution >= 0.6 is 7.60 Å². The van der Waals surface area contributed by atoms with Crippen molar-refractivity contribution in [1.82, 2.24) is 0 Å². The van der Waals surface area contributed by atoms with Crippen molar-refractivity contribution in [3.05, 3.63) is 60.7 Å². The maximum Gasteiger partial charge on any atom is 0.408 e. The first-order chi connectivity index (χ1) is 7.68. The Labute approximate surface area is 111 Å². The fraction of sp³-hybridized carbons (Fsp3) is 0. The first-order valence-electron chi connectivity index (χ1n) is 4.81. The predicted octanol–water partition coefficient (Wildman–Crippen LogP) is 2.57. The Morgan fingerprint density at radius 1 is 0.882 bits per heavy atom. The zero-order valence-corrected chi connectivity index (χ0v) is 11.1. The molecule has 5 heteroatoms. The molecule has 0 fully saturated rings. The Balaban J connectivity index is 0.00000144. The molecule has 0 aliphatic rings. The van der Waals surface area contributed by atoms with Crippen molar-refractivity contribution in [3.8, 4) is 5.75 Å². The Kier molecular flexibility index (Phi) is 4.99. The van der Waals surface area contributed by atoms with Crippen molar-refractivity contribution >= 4 is 12.9 Å². The van der Waals surface area contributed by atoms with Crippen LogP contribution in [-0.2, 0) is 21.9 Å². The normalized spacial score (nSPS) is 13.2. The van der Waals surface area contributed by atoms with Crippen LogP contribution in [0.4, 0.5) is 0 Å². The van der Waals surface area contributed by atoms with E-state index in [0.29, 0.717) is 11.1 Å². The summed E-state index contributed by atoms with van der Waals surface area (Å²) in [5, 5.41) is 0.291. The van der Waals surface area contributed by atoms with Crippen LogP contribution in [0.3, 0.4) is 0 Å². The van der Waals surface area contributed by atoms with Crippen LogP contribution in [0.1, 0.15) is 0 Å². The summed E-state index contributed by atoms with van der Waals surface area (Å²) in [6.07, 6.45) is 0. The summed E-state index contributed by atoms with van der Waals surface area (Å²) in [6, 6.07) is 16.9. The molecule has 1 N–H and O–H groups in total. The van der Waals surface area contributed by atoms with Crippen molar-refractivity contribution < 1.29 is 31.3 Å². The number of hydrogen-bond acceptors (Lipinski definition) is 2. The second kappa shape index (κ2) is 6.05. The monoisotopic (exact) mass is 286 g/mol. The molecule has 0 aliphatic heterocycles. The van der Waals surface area contributed by atoms with Gasteiger partial charge in [0.05, 0.1) is 5.30 Å². The molecule has 0 spiro atoms. The van der Waals surface area contributed by atoms with E-state index in [0.717, 1.165) is 0 Å². The summed E-state index contributed by atoms with van der Waals surface area (Å²) in [6.45, 7) is 0. The minimum Gasteiger partial charge on any atom is -0.421 e. The molecule has 3 nitrogen and oxygen atoms in total. The SMILES string of the molecule is O=P(O)(Oc1ccccc1)c1ccccc1.[Cr]. The quantitative estimate of drug-likeness (QED) is 0.882. The van der Waals surface area contributed by atoms with Crippen molar-refractivity contribution in [2.24, 2.45) is 0 Å². The van der Waals surface area contributed by atoms with Gasteiger partial charge in [0.25, 0.3) is 0 Å². The third-order valence-electron chi connectivity index (χ3n) is 2.05. The zero-order valence-electron chi connectivity index (χ0n) is 8.89. The fourth-order valence-corrected chi connectivity index (χ4v) is 2.36. The molecule has 1 atom stereocenters. The van der Waals surface area contributed by atoms with Gasteiger partial charge >= 0.3 is 7.60 Å². The van der Waals surface area contributed by atoms with E-state index in [-0.39, 0.29) is 17.4 Å². The summed E-state index contributed by atoms with van der Waals surface area (Å²) in [5.41, 5.74) is 0. The Hall–Kier alpha value is -1.04. The molecular formula is C12H11CrO3P. The molecule has 0 aliphatic carbocycles. The van der Waals surface area contributed by atoms with Crippen LogP contribution in [0.2, 0.25) is 0 Å². The van der Waals surface area contributed by atoms with Gasteiger partial charge < -0.3 is 9.42 Å². The van der Waals surface area contributed by atoms with Gasteiger partial charge in [-0.3, -0.25) is 0 Å². The molecule has 2 aromatic rings. The van der Waals surface area contributed by atoms with Crippen molar-refractivity contribution in [1.29, 1.82) is 0 Å². The molecule has 88 valence electrons.